The molecule has 5 atom stereocenters. The zero-order valence-corrected chi connectivity index (χ0v) is 15.1. The van der Waals surface area contributed by atoms with Crippen molar-refractivity contribution in [1.82, 2.24) is 0 Å². The standard InChI is InChI=1S/C19H30O4/c1-6-18(2,3)17(21)23-19(4,5)15-13-10-14(22-16(15)20)12-9-7-8-11(12)13/h11-15H,6-10H2,1-5H3. The van der Waals surface area contributed by atoms with E-state index in [1.165, 1.54) is 19.3 Å². The van der Waals surface area contributed by atoms with E-state index in [-0.39, 0.29) is 24.0 Å². The van der Waals surface area contributed by atoms with Gasteiger partial charge in [0.25, 0.3) is 0 Å². The number of rotatable bonds is 4. The fourth-order valence-electron chi connectivity index (χ4n) is 4.93. The molecule has 1 heterocycles. The van der Waals surface area contributed by atoms with Gasteiger partial charge in [-0.1, -0.05) is 13.3 Å². The van der Waals surface area contributed by atoms with Crippen LogP contribution in [0.25, 0.3) is 0 Å². The SMILES string of the molecule is CCC(C)(C)C(=O)OC(C)(C)C1C(=O)OC2CC1C1CCCC21. The molecule has 5 unspecified atom stereocenters. The van der Waals surface area contributed by atoms with Crippen molar-refractivity contribution >= 4 is 11.9 Å². The normalized spacial score (nSPS) is 36.6. The Morgan fingerprint density at radius 3 is 2.48 bits per heavy atom. The van der Waals surface area contributed by atoms with Gasteiger partial charge >= 0.3 is 11.9 Å². The lowest BCUT2D eigenvalue weighted by atomic mass is 9.73. The van der Waals surface area contributed by atoms with E-state index < -0.39 is 11.0 Å². The molecular weight excluding hydrogens is 292 g/mol. The summed E-state index contributed by atoms with van der Waals surface area (Å²) in [4.78, 5) is 25.1. The summed E-state index contributed by atoms with van der Waals surface area (Å²) in [7, 11) is 0. The van der Waals surface area contributed by atoms with Gasteiger partial charge in [-0.2, -0.15) is 0 Å². The number of esters is 2. The van der Waals surface area contributed by atoms with Gasteiger partial charge in [-0.25, -0.2) is 0 Å². The molecule has 3 rings (SSSR count). The molecule has 130 valence electrons. The summed E-state index contributed by atoms with van der Waals surface area (Å²) in [5.41, 5.74) is -1.34. The third kappa shape index (κ3) is 2.68. The number of hydrogen-bond acceptors (Lipinski definition) is 4. The average Bonchev–Trinajstić information content (AvgIpc) is 3.02. The van der Waals surface area contributed by atoms with Crippen molar-refractivity contribution in [2.45, 2.75) is 78.4 Å². The first kappa shape index (κ1) is 16.8. The molecule has 1 saturated heterocycles. The molecule has 0 radical (unpaired) electrons. The molecule has 4 heteroatoms. The van der Waals surface area contributed by atoms with Gasteiger partial charge in [0.15, 0.2) is 0 Å². The fraction of sp³-hybridized carbons (Fsp3) is 0.895. The Morgan fingerprint density at radius 1 is 1.17 bits per heavy atom. The monoisotopic (exact) mass is 322 g/mol. The third-order valence-corrected chi connectivity index (χ3v) is 6.65. The second-order valence-electron chi connectivity index (χ2n) is 8.84. The fourth-order valence-corrected chi connectivity index (χ4v) is 4.93. The van der Waals surface area contributed by atoms with E-state index in [0.29, 0.717) is 24.2 Å². The molecule has 3 aliphatic rings. The Kier molecular flexibility index (Phi) is 4.01. The Hall–Kier alpha value is -1.06. The van der Waals surface area contributed by atoms with E-state index in [4.69, 9.17) is 9.47 Å². The number of carbonyl (C=O) groups is 2. The van der Waals surface area contributed by atoms with Gasteiger partial charge < -0.3 is 9.47 Å². The molecule has 3 fully saturated rings. The largest absolute Gasteiger partial charge is 0.462 e. The van der Waals surface area contributed by atoms with Crippen molar-refractivity contribution in [2.24, 2.45) is 29.1 Å². The lowest BCUT2D eigenvalue weighted by molar-refractivity contribution is -0.190. The molecule has 2 aliphatic carbocycles. The lowest BCUT2D eigenvalue weighted by Crippen LogP contribution is -2.50. The van der Waals surface area contributed by atoms with E-state index in [0.717, 1.165) is 6.42 Å². The Balaban J connectivity index is 1.81. The van der Waals surface area contributed by atoms with E-state index in [1.54, 1.807) is 0 Å². The van der Waals surface area contributed by atoms with Crippen molar-refractivity contribution in [3.05, 3.63) is 0 Å². The van der Waals surface area contributed by atoms with Crippen molar-refractivity contribution in [2.75, 3.05) is 0 Å². The number of carbonyl (C=O) groups excluding carboxylic acids is 2. The maximum Gasteiger partial charge on any atom is 0.313 e. The Labute approximate surface area is 139 Å². The Bertz CT molecular complexity index is 507. The van der Waals surface area contributed by atoms with Gasteiger partial charge in [-0.3, -0.25) is 9.59 Å². The first-order valence-electron chi connectivity index (χ1n) is 9.11. The molecule has 23 heavy (non-hydrogen) atoms. The predicted octanol–water partition coefficient (Wildman–Crippen LogP) is 3.72. The van der Waals surface area contributed by atoms with Crippen LogP contribution < -0.4 is 0 Å². The van der Waals surface area contributed by atoms with E-state index in [1.807, 2.05) is 34.6 Å². The summed E-state index contributed by atoms with van der Waals surface area (Å²) < 4.78 is 11.6. The molecule has 2 bridgehead atoms. The minimum atomic E-state index is -0.812. The van der Waals surface area contributed by atoms with Crippen molar-refractivity contribution in [3.8, 4) is 0 Å². The van der Waals surface area contributed by atoms with Gasteiger partial charge in [0.1, 0.15) is 11.7 Å². The van der Waals surface area contributed by atoms with E-state index in [2.05, 4.69) is 0 Å². The smallest absolute Gasteiger partial charge is 0.313 e. The summed E-state index contributed by atoms with van der Waals surface area (Å²) in [5.74, 6) is 0.694. The molecular formula is C19H30O4. The molecule has 0 amide bonds. The molecule has 0 spiro atoms. The summed E-state index contributed by atoms with van der Waals surface area (Å²) in [6, 6.07) is 0. The summed E-state index contributed by atoms with van der Waals surface area (Å²) >= 11 is 0. The van der Waals surface area contributed by atoms with Crippen LogP contribution in [0.1, 0.15) is 66.7 Å². The molecule has 0 aromatic carbocycles. The first-order chi connectivity index (χ1) is 10.7. The van der Waals surface area contributed by atoms with Crippen molar-refractivity contribution < 1.29 is 19.1 Å². The molecule has 2 saturated carbocycles. The molecule has 1 aliphatic heterocycles. The molecule has 0 aromatic rings. The highest BCUT2D eigenvalue weighted by Crippen LogP contribution is 2.56. The topological polar surface area (TPSA) is 52.6 Å². The number of fused-ring (bicyclic) bond motifs is 5. The molecule has 0 N–H and O–H groups in total. The van der Waals surface area contributed by atoms with Crippen LogP contribution in [-0.2, 0) is 19.1 Å². The van der Waals surface area contributed by atoms with Crippen LogP contribution in [0.5, 0.6) is 0 Å². The van der Waals surface area contributed by atoms with E-state index in [9.17, 15) is 9.59 Å². The lowest BCUT2D eigenvalue weighted by Gasteiger charge is -2.41. The highest BCUT2D eigenvalue weighted by Gasteiger charge is 2.60. The van der Waals surface area contributed by atoms with Gasteiger partial charge in [0.05, 0.1) is 11.3 Å². The predicted molar refractivity (Wildman–Crippen MR) is 86.6 cm³/mol. The summed E-state index contributed by atoms with van der Waals surface area (Å²) in [5, 5.41) is 0. The van der Waals surface area contributed by atoms with E-state index >= 15 is 0 Å². The first-order valence-corrected chi connectivity index (χ1v) is 9.11. The summed E-state index contributed by atoms with van der Waals surface area (Å²) in [6.07, 6.45) is 5.36. The summed E-state index contributed by atoms with van der Waals surface area (Å²) in [6.45, 7) is 9.52. The van der Waals surface area contributed by atoms with Crippen LogP contribution in [0.4, 0.5) is 0 Å². The van der Waals surface area contributed by atoms with Gasteiger partial charge in [-0.15, -0.1) is 0 Å². The second-order valence-corrected chi connectivity index (χ2v) is 8.84. The zero-order valence-electron chi connectivity index (χ0n) is 15.1. The second kappa shape index (κ2) is 5.49. The van der Waals surface area contributed by atoms with Crippen molar-refractivity contribution in [1.29, 1.82) is 0 Å². The Morgan fingerprint density at radius 2 is 1.83 bits per heavy atom. The quantitative estimate of drug-likeness (QED) is 0.740. The van der Waals surface area contributed by atoms with Crippen LogP contribution in [0.15, 0.2) is 0 Å². The molecule has 0 aromatic heterocycles. The van der Waals surface area contributed by atoms with Crippen LogP contribution in [0, 0.1) is 29.1 Å². The minimum absolute atomic E-state index is 0.106. The van der Waals surface area contributed by atoms with Gasteiger partial charge in [-0.05, 0) is 71.1 Å². The maximum absolute atomic E-state index is 12.6. The number of hydrogen-bond donors (Lipinski definition) is 0. The maximum atomic E-state index is 12.6. The van der Waals surface area contributed by atoms with Gasteiger partial charge in [0.2, 0.25) is 0 Å². The van der Waals surface area contributed by atoms with Crippen LogP contribution >= 0.6 is 0 Å². The third-order valence-electron chi connectivity index (χ3n) is 6.65. The minimum Gasteiger partial charge on any atom is -0.462 e. The average molecular weight is 322 g/mol. The van der Waals surface area contributed by atoms with Gasteiger partial charge in [0, 0.05) is 0 Å². The zero-order chi connectivity index (χ0) is 17.0. The van der Waals surface area contributed by atoms with Crippen molar-refractivity contribution in [3.63, 3.8) is 0 Å². The molecule has 4 nitrogen and oxygen atoms in total. The number of ether oxygens (including phenoxy) is 2. The van der Waals surface area contributed by atoms with Crippen LogP contribution in [-0.4, -0.2) is 23.6 Å². The highest BCUT2D eigenvalue weighted by atomic mass is 16.6. The van der Waals surface area contributed by atoms with Crippen LogP contribution in [0.2, 0.25) is 0 Å². The highest BCUT2D eigenvalue weighted by molar-refractivity contribution is 5.79. The van der Waals surface area contributed by atoms with Crippen LogP contribution in [0.3, 0.4) is 0 Å².